The highest BCUT2D eigenvalue weighted by molar-refractivity contribution is 8.03. The number of nitrogens with zero attached hydrogens (tertiary/aromatic N) is 1. The Labute approximate surface area is 146 Å². The largest absolute Gasteiger partial charge is 0.544 e. The van der Waals surface area contributed by atoms with Crippen LogP contribution in [-0.2, 0) is 4.79 Å². The maximum absolute atomic E-state index is 11.5. The number of rotatable bonds is 5. The highest BCUT2D eigenvalue weighted by Crippen LogP contribution is 2.32. The fourth-order valence-corrected chi connectivity index (χ4v) is 2.99. The summed E-state index contributed by atoms with van der Waals surface area (Å²) in [4.78, 5) is 15.6. The summed E-state index contributed by atoms with van der Waals surface area (Å²) in [6.45, 7) is 0. The van der Waals surface area contributed by atoms with Crippen molar-refractivity contribution in [3.8, 4) is 5.75 Å². The van der Waals surface area contributed by atoms with E-state index in [1.807, 2.05) is 12.1 Å². The minimum atomic E-state index is -1.34. The molecule has 0 radical (unpaired) electrons. The van der Waals surface area contributed by atoms with Crippen LogP contribution < -0.4 is 9.84 Å². The van der Waals surface area contributed by atoms with Crippen LogP contribution in [0.3, 0.4) is 0 Å². The van der Waals surface area contributed by atoms with Gasteiger partial charge in [-0.2, -0.15) is 0 Å². The van der Waals surface area contributed by atoms with E-state index in [0.717, 1.165) is 11.8 Å². The zero-order valence-corrected chi connectivity index (χ0v) is 14.1. The number of carbonyl (C=O) groups is 1. The molecule has 1 heterocycles. The molecule has 0 fully saturated rings. The molecule has 3 aromatic rings. The Morgan fingerprint density at radius 2 is 2.12 bits per heavy atom. The molecule has 0 saturated heterocycles. The van der Waals surface area contributed by atoms with Crippen LogP contribution >= 0.6 is 23.4 Å². The highest BCUT2D eigenvalue weighted by Gasteiger charge is 2.11. The first-order valence-corrected chi connectivity index (χ1v) is 8.06. The van der Waals surface area contributed by atoms with Gasteiger partial charge in [0.05, 0.1) is 13.1 Å². The summed E-state index contributed by atoms with van der Waals surface area (Å²) in [5.41, 5.74) is 1.75. The number of carboxylic acid groups (broad SMARTS) is 1. The molecule has 0 amide bonds. The maximum atomic E-state index is 11.5. The Morgan fingerprint density at radius 3 is 2.83 bits per heavy atom. The average Bonchev–Trinajstić information content (AvgIpc) is 2.96. The molecule has 0 bridgehead atoms. The van der Waals surface area contributed by atoms with Gasteiger partial charge >= 0.3 is 0 Å². The zero-order valence-electron chi connectivity index (χ0n) is 12.5. The monoisotopic (exact) mass is 360 g/mol. The number of hydrogen-bond acceptors (Lipinski definition) is 6. The first kappa shape index (κ1) is 16.4. The smallest absolute Gasteiger partial charge is 0.261 e. The van der Waals surface area contributed by atoms with Crippen LogP contribution in [-0.4, -0.2) is 18.1 Å². The number of benzene rings is 2. The third-order valence-electron chi connectivity index (χ3n) is 3.15. The van der Waals surface area contributed by atoms with Crippen LogP contribution in [0, 0.1) is 0 Å². The quantitative estimate of drug-likeness (QED) is 0.513. The second kappa shape index (κ2) is 6.98. The van der Waals surface area contributed by atoms with Crippen LogP contribution in [0.2, 0.25) is 5.02 Å². The van der Waals surface area contributed by atoms with Gasteiger partial charge in [0, 0.05) is 15.5 Å². The molecule has 0 saturated carbocycles. The number of oxazole rings is 1. The minimum Gasteiger partial charge on any atom is -0.544 e. The van der Waals surface area contributed by atoms with E-state index in [2.05, 4.69) is 4.98 Å². The molecular weight excluding hydrogens is 350 g/mol. The molecule has 0 N–H and O–H groups in total. The number of ether oxygens (including phenoxy) is 1. The number of fused-ring (bicyclic) bond motifs is 1. The summed E-state index contributed by atoms with van der Waals surface area (Å²) >= 11 is 6.83. The average molecular weight is 361 g/mol. The van der Waals surface area contributed by atoms with Crippen LogP contribution in [0.1, 0.15) is 5.56 Å². The van der Waals surface area contributed by atoms with Gasteiger partial charge in [-0.1, -0.05) is 23.7 Å². The van der Waals surface area contributed by atoms with Crippen molar-refractivity contribution in [3.05, 3.63) is 58.0 Å². The predicted molar refractivity (Wildman–Crippen MR) is 90.9 cm³/mol. The molecule has 0 unspecified atom stereocenters. The molecule has 5 nitrogen and oxygen atoms in total. The SMILES string of the molecule is COc1ccc(Cl)cc1/C=C(\Sc1nc2ccccc2o1)C(=O)[O-]. The number of methoxy groups -OCH3 is 1. The molecule has 24 heavy (non-hydrogen) atoms. The van der Waals surface area contributed by atoms with Gasteiger partial charge in [-0.3, -0.25) is 0 Å². The van der Waals surface area contributed by atoms with E-state index < -0.39 is 5.97 Å². The Hall–Kier alpha value is -2.44. The first-order chi connectivity index (χ1) is 11.6. The molecule has 0 aliphatic carbocycles. The Kier molecular flexibility index (Phi) is 4.78. The van der Waals surface area contributed by atoms with Crippen molar-refractivity contribution in [2.45, 2.75) is 5.22 Å². The molecule has 122 valence electrons. The number of para-hydroxylation sites is 2. The molecule has 3 rings (SSSR count). The molecule has 7 heteroatoms. The van der Waals surface area contributed by atoms with E-state index in [1.54, 1.807) is 30.3 Å². The molecule has 2 aromatic carbocycles. The lowest BCUT2D eigenvalue weighted by Crippen LogP contribution is -2.23. The maximum Gasteiger partial charge on any atom is 0.261 e. The van der Waals surface area contributed by atoms with Gasteiger partial charge in [-0.15, -0.1) is 0 Å². The lowest BCUT2D eigenvalue weighted by Gasteiger charge is -2.09. The highest BCUT2D eigenvalue weighted by atomic mass is 35.5. The summed E-state index contributed by atoms with van der Waals surface area (Å²) in [5, 5.41) is 12.1. The van der Waals surface area contributed by atoms with Crippen molar-refractivity contribution in [3.63, 3.8) is 0 Å². The Balaban J connectivity index is 1.98. The fraction of sp³-hybridized carbons (Fsp3) is 0.0588. The zero-order chi connectivity index (χ0) is 17.1. The summed E-state index contributed by atoms with van der Waals surface area (Å²) in [5.74, 6) is -0.847. The van der Waals surface area contributed by atoms with E-state index in [0.29, 0.717) is 27.4 Å². The van der Waals surface area contributed by atoms with Gasteiger partial charge in [0.2, 0.25) is 0 Å². The summed E-state index contributed by atoms with van der Waals surface area (Å²) in [6.07, 6.45) is 1.42. The number of carbonyl (C=O) groups excluding carboxylic acids is 1. The van der Waals surface area contributed by atoms with Crippen molar-refractivity contribution >= 4 is 46.5 Å². The third-order valence-corrected chi connectivity index (χ3v) is 4.24. The summed E-state index contributed by atoms with van der Waals surface area (Å²) in [6, 6.07) is 12.1. The van der Waals surface area contributed by atoms with Crippen molar-refractivity contribution < 1.29 is 19.1 Å². The van der Waals surface area contributed by atoms with E-state index in [4.69, 9.17) is 20.8 Å². The molecule has 0 aliphatic heterocycles. The Morgan fingerprint density at radius 1 is 1.33 bits per heavy atom. The molecule has 0 atom stereocenters. The van der Waals surface area contributed by atoms with Crippen molar-refractivity contribution in [1.29, 1.82) is 0 Å². The lowest BCUT2D eigenvalue weighted by molar-refractivity contribution is -0.298. The van der Waals surface area contributed by atoms with E-state index in [-0.39, 0.29) is 10.1 Å². The van der Waals surface area contributed by atoms with Gasteiger partial charge in [0.25, 0.3) is 5.22 Å². The molecular formula is C17H11ClNO4S-. The molecule has 0 spiro atoms. The fourth-order valence-electron chi connectivity index (χ4n) is 2.08. The number of thioether (sulfide) groups is 1. The van der Waals surface area contributed by atoms with Gasteiger partial charge in [0.15, 0.2) is 5.58 Å². The first-order valence-electron chi connectivity index (χ1n) is 6.87. The second-order valence-corrected chi connectivity index (χ2v) is 6.16. The van der Waals surface area contributed by atoms with Gasteiger partial charge in [0.1, 0.15) is 11.3 Å². The lowest BCUT2D eigenvalue weighted by atomic mass is 10.2. The number of aliphatic carboxylic acids is 1. The third kappa shape index (κ3) is 3.55. The predicted octanol–water partition coefficient (Wildman–Crippen LogP) is 3.37. The van der Waals surface area contributed by atoms with Gasteiger partial charge < -0.3 is 19.1 Å². The van der Waals surface area contributed by atoms with Crippen molar-refractivity contribution in [2.75, 3.05) is 7.11 Å². The number of hydrogen-bond donors (Lipinski definition) is 0. The Bertz CT molecular complexity index is 902. The van der Waals surface area contributed by atoms with E-state index >= 15 is 0 Å². The minimum absolute atomic E-state index is 0.0675. The van der Waals surface area contributed by atoms with Crippen LogP contribution in [0.4, 0.5) is 0 Å². The second-order valence-electron chi connectivity index (χ2n) is 4.73. The number of carboxylic acids is 1. The molecule has 0 aliphatic rings. The van der Waals surface area contributed by atoms with E-state index in [9.17, 15) is 9.90 Å². The normalized spacial score (nSPS) is 11.7. The van der Waals surface area contributed by atoms with Crippen LogP contribution in [0.5, 0.6) is 5.75 Å². The number of aromatic nitrogens is 1. The van der Waals surface area contributed by atoms with Crippen molar-refractivity contribution in [2.24, 2.45) is 0 Å². The topological polar surface area (TPSA) is 75.4 Å². The van der Waals surface area contributed by atoms with Crippen molar-refractivity contribution in [1.82, 2.24) is 4.98 Å². The van der Waals surface area contributed by atoms with E-state index in [1.165, 1.54) is 13.2 Å². The summed E-state index contributed by atoms with van der Waals surface area (Å²) < 4.78 is 10.7. The van der Waals surface area contributed by atoms with Crippen LogP contribution in [0.25, 0.3) is 17.2 Å². The molecule has 1 aromatic heterocycles. The standard InChI is InChI=1S/C17H12ClNO4S/c1-22-13-7-6-11(18)8-10(13)9-15(16(20)21)24-17-19-12-4-2-3-5-14(12)23-17/h2-9H,1H3,(H,20,21)/p-1/b15-9-. The van der Waals surface area contributed by atoms with Gasteiger partial charge in [-0.25, -0.2) is 4.98 Å². The number of halogens is 1. The van der Waals surface area contributed by atoms with Gasteiger partial charge in [-0.05, 0) is 48.2 Å². The summed E-state index contributed by atoms with van der Waals surface area (Å²) in [7, 11) is 1.49. The van der Waals surface area contributed by atoms with Crippen LogP contribution in [0.15, 0.2) is 57.0 Å².